The molecule has 7 heteroatoms. The molecule has 0 unspecified atom stereocenters. The van der Waals surface area contributed by atoms with Crippen molar-refractivity contribution < 1.29 is 9.18 Å². The van der Waals surface area contributed by atoms with Crippen LogP contribution in [0.5, 0.6) is 0 Å². The van der Waals surface area contributed by atoms with Crippen LogP contribution in [0, 0.1) is 5.82 Å². The van der Waals surface area contributed by atoms with Gasteiger partial charge in [-0.05, 0) is 42.3 Å². The molecule has 0 atom stereocenters. The second kappa shape index (κ2) is 8.40. The Labute approximate surface area is 155 Å². The highest BCUT2D eigenvalue weighted by Gasteiger charge is 2.08. The van der Waals surface area contributed by atoms with E-state index < -0.39 is 0 Å². The van der Waals surface area contributed by atoms with Gasteiger partial charge in [-0.1, -0.05) is 29.8 Å². The second-order valence-electron chi connectivity index (χ2n) is 5.56. The van der Waals surface area contributed by atoms with Gasteiger partial charge in [-0.2, -0.15) is 0 Å². The first-order valence-corrected chi connectivity index (χ1v) is 8.35. The van der Waals surface area contributed by atoms with Crippen LogP contribution in [0.3, 0.4) is 0 Å². The normalized spacial score (nSPS) is 10.4. The monoisotopic (exact) mass is 370 g/mol. The van der Waals surface area contributed by atoms with Gasteiger partial charge >= 0.3 is 0 Å². The van der Waals surface area contributed by atoms with Gasteiger partial charge in [0.05, 0.1) is 12.4 Å². The molecule has 0 fully saturated rings. The molecular weight excluding hydrogens is 355 g/mol. The Bertz CT molecular complexity index is 902. The highest BCUT2D eigenvalue weighted by atomic mass is 35.5. The van der Waals surface area contributed by atoms with Crippen LogP contribution in [0.2, 0.25) is 5.02 Å². The molecule has 5 nitrogen and oxygen atoms in total. The summed E-state index contributed by atoms with van der Waals surface area (Å²) in [5.74, 6) is -0.235. The summed E-state index contributed by atoms with van der Waals surface area (Å²) in [6.45, 7) is 0.462. The largest absolute Gasteiger partial charge is 0.350 e. The minimum atomic E-state index is -0.348. The fourth-order valence-corrected chi connectivity index (χ4v) is 2.54. The van der Waals surface area contributed by atoms with Crippen molar-refractivity contribution in [3.63, 3.8) is 0 Å². The fraction of sp³-hybridized carbons (Fsp3) is 0.105. The first kappa shape index (κ1) is 17.8. The maximum Gasteiger partial charge on any atom is 0.271 e. The summed E-state index contributed by atoms with van der Waals surface area (Å²) in [4.78, 5) is 20.3. The molecule has 0 spiro atoms. The van der Waals surface area contributed by atoms with E-state index in [0.29, 0.717) is 29.5 Å². The summed E-state index contributed by atoms with van der Waals surface area (Å²) >= 11 is 5.93. The van der Waals surface area contributed by atoms with E-state index in [4.69, 9.17) is 11.6 Å². The summed E-state index contributed by atoms with van der Waals surface area (Å²) in [6.07, 6.45) is 3.46. The van der Waals surface area contributed by atoms with Crippen molar-refractivity contribution in [2.75, 3.05) is 11.9 Å². The Balaban J connectivity index is 1.53. The van der Waals surface area contributed by atoms with E-state index >= 15 is 0 Å². The topological polar surface area (TPSA) is 66.9 Å². The Kier molecular flexibility index (Phi) is 5.76. The highest BCUT2D eigenvalue weighted by Crippen LogP contribution is 2.14. The van der Waals surface area contributed by atoms with Crippen molar-refractivity contribution in [3.8, 4) is 0 Å². The van der Waals surface area contributed by atoms with Crippen molar-refractivity contribution in [3.05, 3.63) is 83.0 Å². The minimum absolute atomic E-state index is 0.209. The third-order valence-corrected chi connectivity index (χ3v) is 3.80. The molecule has 132 valence electrons. The number of benzene rings is 2. The van der Waals surface area contributed by atoms with Crippen LogP contribution in [0.15, 0.2) is 60.9 Å². The SMILES string of the molecule is O=C(NCCc1cccc(Cl)c1)c1cnc(Nc2cccc(F)c2)cn1. The number of aromatic nitrogens is 2. The maximum absolute atomic E-state index is 13.2. The quantitative estimate of drug-likeness (QED) is 0.688. The third kappa shape index (κ3) is 5.00. The Morgan fingerprint density at radius 2 is 1.92 bits per heavy atom. The van der Waals surface area contributed by atoms with Crippen LogP contribution < -0.4 is 10.6 Å². The molecule has 3 rings (SSSR count). The number of carbonyl (C=O) groups is 1. The average Bonchev–Trinajstić information content (AvgIpc) is 2.62. The first-order chi connectivity index (χ1) is 12.6. The lowest BCUT2D eigenvalue weighted by Gasteiger charge is -2.07. The molecule has 0 saturated carbocycles. The smallest absolute Gasteiger partial charge is 0.271 e. The van der Waals surface area contributed by atoms with Crippen LogP contribution in [-0.4, -0.2) is 22.4 Å². The zero-order valence-electron chi connectivity index (χ0n) is 13.7. The van der Waals surface area contributed by atoms with E-state index in [0.717, 1.165) is 5.56 Å². The number of carbonyl (C=O) groups excluding carboxylic acids is 1. The van der Waals surface area contributed by atoms with Gasteiger partial charge in [-0.15, -0.1) is 0 Å². The zero-order chi connectivity index (χ0) is 18.4. The van der Waals surface area contributed by atoms with E-state index in [1.165, 1.54) is 24.5 Å². The van der Waals surface area contributed by atoms with Gasteiger partial charge in [0.1, 0.15) is 17.3 Å². The number of nitrogens with one attached hydrogen (secondary N) is 2. The van der Waals surface area contributed by atoms with Crippen LogP contribution in [0.1, 0.15) is 16.1 Å². The van der Waals surface area contributed by atoms with Crippen molar-refractivity contribution in [1.29, 1.82) is 0 Å². The molecule has 1 amide bonds. The number of hydrogen-bond donors (Lipinski definition) is 2. The first-order valence-electron chi connectivity index (χ1n) is 7.97. The molecule has 2 N–H and O–H groups in total. The van der Waals surface area contributed by atoms with Crippen LogP contribution in [0.4, 0.5) is 15.9 Å². The van der Waals surface area contributed by atoms with E-state index in [9.17, 15) is 9.18 Å². The predicted molar refractivity (Wildman–Crippen MR) is 99.2 cm³/mol. The number of halogens is 2. The van der Waals surface area contributed by atoms with E-state index in [1.807, 2.05) is 18.2 Å². The lowest BCUT2D eigenvalue weighted by molar-refractivity contribution is 0.0949. The molecule has 1 heterocycles. The molecule has 26 heavy (non-hydrogen) atoms. The number of nitrogens with zero attached hydrogens (tertiary/aromatic N) is 2. The standard InChI is InChI=1S/C19H16ClFN4O/c20-14-4-1-3-13(9-14)7-8-22-19(26)17-11-24-18(12-23-17)25-16-6-2-5-15(21)10-16/h1-6,9-12H,7-8H2,(H,22,26)(H,24,25). The van der Waals surface area contributed by atoms with Gasteiger partial charge in [0.2, 0.25) is 0 Å². The lowest BCUT2D eigenvalue weighted by Crippen LogP contribution is -2.26. The molecule has 0 saturated heterocycles. The summed E-state index contributed by atoms with van der Waals surface area (Å²) in [7, 11) is 0. The van der Waals surface area contributed by atoms with Gasteiger partial charge in [-0.3, -0.25) is 4.79 Å². The molecule has 1 aromatic heterocycles. The minimum Gasteiger partial charge on any atom is -0.350 e. The molecule has 0 radical (unpaired) electrons. The maximum atomic E-state index is 13.2. The van der Waals surface area contributed by atoms with E-state index in [1.54, 1.807) is 18.2 Å². The Hall–Kier alpha value is -2.99. The molecule has 2 aromatic carbocycles. The molecule has 0 aliphatic rings. The van der Waals surface area contributed by atoms with Crippen LogP contribution in [-0.2, 0) is 6.42 Å². The molecule has 0 aliphatic heterocycles. The number of anilines is 2. The summed E-state index contributed by atoms with van der Waals surface area (Å²) < 4.78 is 13.2. The summed E-state index contributed by atoms with van der Waals surface area (Å²) in [6, 6.07) is 13.5. The number of hydrogen-bond acceptors (Lipinski definition) is 4. The summed E-state index contributed by atoms with van der Waals surface area (Å²) in [5, 5.41) is 6.38. The van der Waals surface area contributed by atoms with Crippen molar-refractivity contribution in [1.82, 2.24) is 15.3 Å². The molecular formula is C19H16ClFN4O. The van der Waals surface area contributed by atoms with Crippen molar-refractivity contribution >= 4 is 29.0 Å². The Morgan fingerprint density at radius 1 is 1.08 bits per heavy atom. The van der Waals surface area contributed by atoms with E-state index in [2.05, 4.69) is 20.6 Å². The van der Waals surface area contributed by atoms with Crippen LogP contribution in [0.25, 0.3) is 0 Å². The predicted octanol–water partition coefficient (Wildman–Crippen LogP) is 3.99. The molecule has 0 bridgehead atoms. The van der Waals surface area contributed by atoms with Gasteiger partial charge < -0.3 is 10.6 Å². The zero-order valence-corrected chi connectivity index (χ0v) is 14.5. The van der Waals surface area contributed by atoms with Gasteiger partial charge in [0.25, 0.3) is 5.91 Å². The van der Waals surface area contributed by atoms with Crippen molar-refractivity contribution in [2.45, 2.75) is 6.42 Å². The third-order valence-electron chi connectivity index (χ3n) is 3.57. The number of amides is 1. The lowest BCUT2D eigenvalue weighted by atomic mass is 10.1. The van der Waals surface area contributed by atoms with Crippen LogP contribution >= 0.6 is 11.6 Å². The fourth-order valence-electron chi connectivity index (χ4n) is 2.33. The Morgan fingerprint density at radius 3 is 2.65 bits per heavy atom. The molecule has 0 aliphatic carbocycles. The van der Waals surface area contributed by atoms with E-state index in [-0.39, 0.29) is 17.4 Å². The molecule has 3 aromatic rings. The van der Waals surface area contributed by atoms with Crippen molar-refractivity contribution in [2.24, 2.45) is 0 Å². The van der Waals surface area contributed by atoms with Gasteiger partial charge in [0.15, 0.2) is 0 Å². The number of rotatable bonds is 6. The van der Waals surface area contributed by atoms with Gasteiger partial charge in [-0.25, -0.2) is 14.4 Å². The summed E-state index contributed by atoms with van der Waals surface area (Å²) in [5.41, 5.74) is 1.80. The van der Waals surface area contributed by atoms with Gasteiger partial charge in [0, 0.05) is 17.3 Å². The second-order valence-corrected chi connectivity index (χ2v) is 5.99. The average molecular weight is 371 g/mol. The highest BCUT2D eigenvalue weighted by molar-refractivity contribution is 6.30.